The van der Waals surface area contributed by atoms with Crippen LogP contribution in [-0.4, -0.2) is 5.11 Å². The van der Waals surface area contributed by atoms with E-state index in [1.54, 1.807) is 11.3 Å². The van der Waals surface area contributed by atoms with Gasteiger partial charge in [-0.15, -0.1) is 11.3 Å². The first kappa shape index (κ1) is 13.8. The third-order valence-corrected chi connectivity index (χ3v) is 4.88. The molecule has 1 nitrogen and oxygen atoms in total. The second kappa shape index (κ2) is 5.16. The highest BCUT2D eigenvalue weighted by atomic mass is 79.9. The van der Waals surface area contributed by atoms with Gasteiger partial charge in [-0.1, -0.05) is 45.0 Å². The highest BCUT2D eigenvalue weighted by Crippen LogP contribution is 2.37. The number of aliphatic hydroxyl groups is 1. The topological polar surface area (TPSA) is 20.2 Å². The molecule has 1 aromatic heterocycles. The Labute approximate surface area is 121 Å². The van der Waals surface area contributed by atoms with E-state index in [0.29, 0.717) is 0 Å². The first-order valence-corrected chi connectivity index (χ1v) is 7.59. The maximum atomic E-state index is 10.6. The zero-order valence-electron chi connectivity index (χ0n) is 10.8. The van der Waals surface area contributed by atoms with Crippen LogP contribution in [0.2, 0.25) is 0 Å². The van der Waals surface area contributed by atoms with E-state index in [2.05, 4.69) is 42.8 Å². The van der Waals surface area contributed by atoms with Crippen molar-refractivity contribution in [2.75, 3.05) is 0 Å². The molecule has 0 radical (unpaired) electrons. The van der Waals surface area contributed by atoms with E-state index in [1.165, 1.54) is 5.56 Å². The lowest BCUT2D eigenvalue weighted by Crippen LogP contribution is -2.16. The van der Waals surface area contributed by atoms with Crippen molar-refractivity contribution in [3.8, 4) is 0 Å². The fourth-order valence-corrected chi connectivity index (χ4v) is 3.65. The summed E-state index contributed by atoms with van der Waals surface area (Å²) >= 11 is 5.06. The third kappa shape index (κ3) is 2.68. The van der Waals surface area contributed by atoms with E-state index in [1.807, 2.05) is 29.6 Å². The van der Waals surface area contributed by atoms with Gasteiger partial charge in [-0.25, -0.2) is 0 Å². The van der Waals surface area contributed by atoms with Gasteiger partial charge in [0.2, 0.25) is 0 Å². The molecule has 1 N–H and O–H groups in total. The monoisotopic (exact) mass is 324 g/mol. The third-order valence-electron chi connectivity index (χ3n) is 2.96. The standard InChI is InChI=1S/C15H17BrOS/c1-15(2,3)11-7-5-4-6-10(11)13(17)14-12(16)8-9-18-14/h4-9,13,17H,1-3H3. The predicted molar refractivity (Wildman–Crippen MR) is 81.2 cm³/mol. The predicted octanol–water partition coefficient (Wildman–Crippen LogP) is 4.89. The number of thiophene rings is 1. The molecule has 1 unspecified atom stereocenters. The Morgan fingerprint density at radius 2 is 1.83 bits per heavy atom. The molecule has 0 saturated heterocycles. The lowest BCUT2D eigenvalue weighted by molar-refractivity contribution is 0.220. The molecule has 0 aliphatic rings. The Morgan fingerprint density at radius 1 is 1.17 bits per heavy atom. The van der Waals surface area contributed by atoms with Gasteiger partial charge in [-0.2, -0.15) is 0 Å². The van der Waals surface area contributed by atoms with Crippen molar-refractivity contribution in [1.82, 2.24) is 0 Å². The lowest BCUT2D eigenvalue weighted by atomic mass is 9.82. The fraction of sp³-hybridized carbons (Fsp3) is 0.333. The van der Waals surface area contributed by atoms with Crippen LogP contribution < -0.4 is 0 Å². The van der Waals surface area contributed by atoms with Crippen LogP contribution in [0.15, 0.2) is 40.2 Å². The van der Waals surface area contributed by atoms with Gasteiger partial charge in [-0.05, 0) is 43.9 Å². The maximum Gasteiger partial charge on any atom is 0.115 e. The maximum absolute atomic E-state index is 10.6. The van der Waals surface area contributed by atoms with Gasteiger partial charge in [0.15, 0.2) is 0 Å². The van der Waals surface area contributed by atoms with Crippen LogP contribution in [0.4, 0.5) is 0 Å². The summed E-state index contributed by atoms with van der Waals surface area (Å²) in [6.07, 6.45) is -0.560. The molecular formula is C15H17BrOS. The summed E-state index contributed by atoms with van der Waals surface area (Å²) in [5, 5.41) is 12.6. The van der Waals surface area contributed by atoms with Crippen molar-refractivity contribution in [2.24, 2.45) is 0 Å². The van der Waals surface area contributed by atoms with Crippen LogP contribution >= 0.6 is 27.3 Å². The molecule has 0 bridgehead atoms. The minimum atomic E-state index is -0.560. The fourth-order valence-electron chi connectivity index (χ4n) is 2.06. The van der Waals surface area contributed by atoms with Crippen molar-refractivity contribution in [1.29, 1.82) is 0 Å². The minimum absolute atomic E-state index is 0.0291. The lowest BCUT2D eigenvalue weighted by Gasteiger charge is -2.25. The number of hydrogen-bond donors (Lipinski definition) is 1. The van der Waals surface area contributed by atoms with E-state index in [0.717, 1.165) is 14.9 Å². The average molecular weight is 325 g/mol. The highest BCUT2D eigenvalue weighted by Gasteiger charge is 2.23. The number of benzene rings is 1. The first-order valence-electron chi connectivity index (χ1n) is 5.91. The van der Waals surface area contributed by atoms with Gasteiger partial charge in [0, 0.05) is 4.47 Å². The summed E-state index contributed by atoms with van der Waals surface area (Å²) < 4.78 is 0.976. The highest BCUT2D eigenvalue weighted by molar-refractivity contribution is 9.10. The molecule has 0 fully saturated rings. The van der Waals surface area contributed by atoms with Crippen molar-refractivity contribution < 1.29 is 5.11 Å². The molecule has 3 heteroatoms. The van der Waals surface area contributed by atoms with Crippen LogP contribution in [0.5, 0.6) is 0 Å². The Kier molecular flexibility index (Phi) is 3.95. The van der Waals surface area contributed by atoms with Crippen LogP contribution in [0, 0.1) is 0 Å². The second-order valence-electron chi connectivity index (χ2n) is 5.37. The van der Waals surface area contributed by atoms with E-state index in [4.69, 9.17) is 0 Å². The summed E-state index contributed by atoms with van der Waals surface area (Å²) in [6.45, 7) is 6.51. The Hall–Kier alpha value is -0.640. The molecule has 0 amide bonds. The summed E-state index contributed by atoms with van der Waals surface area (Å²) in [6, 6.07) is 10.1. The van der Waals surface area contributed by atoms with Crippen LogP contribution in [-0.2, 0) is 5.41 Å². The van der Waals surface area contributed by atoms with E-state index >= 15 is 0 Å². The molecule has 0 aliphatic carbocycles. The smallest absolute Gasteiger partial charge is 0.115 e. The quantitative estimate of drug-likeness (QED) is 0.833. The molecule has 2 aromatic rings. The molecule has 1 aromatic carbocycles. The molecule has 0 spiro atoms. The van der Waals surface area contributed by atoms with Crippen molar-refractivity contribution in [3.05, 3.63) is 56.2 Å². The van der Waals surface area contributed by atoms with E-state index in [-0.39, 0.29) is 5.41 Å². The molecular weight excluding hydrogens is 308 g/mol. The minimum Gasteiger partial charge on any atom is -0.383 e. The van der Waals surface area contributed by atoms with Crippen molar-refractivity contribution in [2.45, 2.75) is 32.3 Å². The largest absolute Gasteiger partial charge is 0.383 e. The molecule has 18 heavy (non-hydrogen) atoms. The van der Waals surface area contributed by atoms with Gasteiger partial charge in [0.05, 0.1) is 4.88 Å². The Morgan fingerprint density at radius 3 is 2.39 bits per heavy atom. The van der Waals surface area contributed by atoms with Gasteiger partial charge in [0.25, 0.3) is 0 Å². The summed E-state index contributed by atoms with van der Waals surface area (Å²) in [5.74, 6) is 0. The van der Waals surface area contributed by atoms with Gasteiger partial charge in [-0.3, -0.25) is 0 Å². The summed E-state index contributed by atoms with van der Waals surface area (Å²) in [5.41, 5.74) is 2.22. The van der Waals surface area contributed by atoms with Crippen LogP contribution in [0.3, 0.4) is 0 Å². The second-order valence-corrected chi connectivity index (χ2v) is 7.17. The molecule has 2 rings (SSSR count). The van der Waals surface area contributed by atoms with Crippen LogP contribution in [0.1, 0.15) is 42.9 Å². The molecule has 1 heterocycles. The number of halogens is 1. The number of aliphatic hydroxyl groups excluding tert-OH is 1. The van der Waals surface area contributed by atoms with Crippen molar-refractivity contribution in [3.63, 3.8) is 0 Å². The van der Waals surface area contributed by atoms with Crippen molar-refractivity contribution >= 4 is 27.3 Å². The Bertz CT molecular complexity index is 539. The molecule has 0 saturated carbocycles. The van der Waals surface area contributed by atoms with Gasteiger partial charge < -0.3 is 5.11 Å². The molecule has 0 aliphatic heterocycles. The number of hydrogen-bond acceptors (Lipinski definition) is 2. The SMILES string of the molecule is CC(C)(C)c1ccccc1C(O)c1sccc1Br. The van der Waals surface area contributed by atoms with Gasteiger partial charge >= 0.3 is 0 Å². The Balaban J connectivity index is 2.49. The molecule has 96 valence electrons. The summed E-state index contributed by atoms with van der Waals surface area (Å²) in [4.78, 5) is 0.965. The first-order chi connectivity index (χ1) is 8.41. The van der Waals surface area contributed by atoms with E-state index in [9.17, 15) is 5.11 Å². The normalized spacial score (nSPS) is 13.6. The number of rotatable bonds is 2. The van der Waals surface area contributed by atoms with Gasteiger partial charge in [0.1, 0.15) is 6.10 Å². The zero-order chi connectivity index (χ0) is 13.3. The van der Waals surface area contributed by atoms with E-state index < -0.39 is 6.10 Å². The molecule has 1 atom stereocenters. The van der Waals surface area contributed by atoms with Crippen LogP contribution in [0.25, 0.3) is 0 Å². The zero-order valence-corrected chi connectivity index (χ0v) is 13.2. The average Bonchev–Trinajstić information content (AvgIpc) is 2.73. The summed E-state index contributed by atoms with van der Waals surface area (Å²) in [7, 11) is 0.